The number of aromatic hydroxyl groups is 1. The monoisotopic (exact) mass is 413 g/mol. The molecule has 0 spiro atoms. The van der Waals surface area contributed by atoms with Crippen molar-refractivity contribution in [2.75, 3.05) is 12.1 Å². The van der Waals surface area contributed by atoms with Crippen LogP contribution < -0.4 is 14.8 Å². The van der Waals surface area contributed by atoms with Crippen LogP contribution in [-0.4, -0.2) is 29.1 Å². The van der Waals surface area contributed by atoms with E-state index in [4.69, 9.17) is 19.3 Å². The molecule has 0 bridgehead atoms. The van der Waals surface area contributed by atoms with Gasteiger partial charge in [0.15, 0.2) is 11.5 Å². The number of phenols is 1. The summed E-state index contributed by atoms with van der Waals surface area (Å²) in [7, 11) is 0. The third kappa shape index (κ3) is 5.66. The molecule has 2 aromatic rings. The number of phenolic OH excluding ortho intramolecular Hbond substituents is 1. The van der Waals surface area contributed by atoms with Gasteiger partial charge in [-0.2, -0.15) is 0 Å². The number of carboxylic acids is 1. The number of hydrogen-bond acceptors (Lipinski definition) is 6. The Morgan fingerprint density at radius 2 is 1.90 bits per heavy atom. The van der Waals surface area contributed by atoms with Gasteiger partial charge in [-0.15, -0.1) is 0 Å². The molecular formula is C22H23NO7. The minimum atomic E-state index is -1.00. The van der Waals surface area contributed by atoms with Gasteiger partial charge >= 0.3 is 12.1 Å². The van der Waals surface area contributed by atoms with E-state index in [1.807, 2.05) is 6.92 Å². The summed E-state index contributed by atoms with van der Waals surface area (Å²) in [5.74, 6) is 0.160. The van der Waals surface area contributed by atoms with E-state index in [0.29, 0.717) is 30.0 Å². The normalized spacial score (nSPS) is 14.3. The third-order valence-corrected chi connectivity index (χ3v) is 4.64. The highest BCUT2D eigenvalue weighted by Gasteiger charge is 2.24. The van der Waals surface area contributed by atoms with E-state index >= 15 is 0 Å². The second-order valence-corrected chi connectivity index (χ2v) is 6.91. The van der Waals surface area contributed by atoms with Crippen LogP contribution in [0.15, 0.2) is 54.6 Å². The number of allylic oxidation sites excluding steroid dienone is 1. The first-order valence-electron chi connectivity index (χ1n) is 9.48. The summed E-state index contributed by atoms with van der Waals surface area (Å²) in [6.07, 6.45) is 2.56. The molecule has 3 N–H and O–H groups in total. The van der Waals surface area contributed by atoms with E-state index in [2.05, 4.69) is 5.32 Å². The average molecular weight is 413 g/mol. The number of amides is 1. The lowest BCUT2D eigenvalue weighted by Crippen LogP contribution is -2.22. The molecule has 1 amide bonds. The third-order valence-electron chi connectivity index (χ3n) is 4.64. The molecular weight excluding hydrogens is 390 g/mol. The van der Waals surface area contributed by atoms with Crippen molar-refractivity contribution in [1.29, 1.82) is 0 Å². The minimum absolute atomic E-state index is 0.101. The molecule has 1 heterocycles. The number of benzene rings is 2. The van der Waals surface area contributed by atoms with Crippen molar-refractivity contribution in [3.8, 4) is 17.2 Å². The number of ether oxygens (including phenoxy) is 3. The van der Waals surface area contributed by atoms with Crippen molar-refractivity contribution in [3.63, 3.8) is 0 Å². The molecule has 3 rings (SSSR count). The van der Waals surface area contributed by atoms with Crippen LogP contribution in [0, 0.1) is 5.92 Å². The van der Waals surface area contributed by atoms with Gasteiger partial charge in [-0.05, 0) is 48.6 Å². The maximum absolute atomic E-state index is 12.5. The Hall–Kier alpha value is -3.68. The summed E-state index contributed by atoms with van der Waals surface area (Å²) in [5.41, 5.74) is 1.23. The topological polar surface area (TPSA) is 114 Å². The molecule has 0 saturated heterocycles. The Bertz CT molecular complexity index is 924. The number of nitrogens with one attached hydrogen (secondary N) is 1. The standard InChI is InChI=1S/C22H23NO7/c1-14(4-2-3-5-20(25)26)21(15-6-9-17(24)10-7-15)30-22(27)23-16-8-11-18-19(12-16)29-13-28-18/h3,5-12,14,21,24H,2,4,13H2,1H3,(H,23,27)(H,25,26)/b5-3+/t14-,21-/m0/s1. The Morgan fingerprint density at radius 1 is 1.17 bits per heavy atom. The van der Waals surface area contributed by atoms with E-state index in [9.17, 15) is 14.7 Å². The number of carbonyl (C=O) groups is 2. The zero-order valence-corrected chi connectivity index (χ0v) is 16.4. The Labute approximate surface area is 173 Å². The largest absolute Gasteiger partial charge is 0.508 e. The fourth-order valence-electron chi connectivity index (χ4n) is 3.11. The van der Waals surface area contributed by atoms with Crippen LogP contribution in [0.5, 0.6) is 17.2 Å². The number of anilines is 1. The van der Waals surface area contributed by atoms with Crippen molar-refractivity contribution in [2.24, 2.45) is 5.92 Å². The number of carboxylic acid groups (broad SMARTS) is 1. The highest BCUT2D eigenvalue weighted by Crippen LogP contribution is 2.35. The van der Waals surface area contributed by atoms with E-state index in [-0.39, 0.29) is 18.5 Å². The van der Waals surface area contributed by atoms with Gasteiger partial charge in [-0.1, -0.05) is 25.1 Å². The van der Waals surface area contributed by atoms with Crippen LogP contribution in [0.4, 0.5) is 10.5 Å². The zero-order chi connectivity index (χ0) is 21.5. The highest BCUT2D eigenvalue weighted by molar-refractivity contribution is 5.85. The van der Waals surface area contributed by atoms with Gasteiger partial charge in [0.2, 0.25) is 6.79 Å². The number of hydrogen-bond donors (Lipinski definition) is 3. The quantitative estimate of drug-likeness (QED) is 0.547. The van der Waals surface area contributed by atoms with Crippen LogP contribution in [0.1, 0.15) is 31.4 Å². The van der Waals surface area contributed by atoms with Gasteiger partial charge in [0.25, 0.3) is 0 Å². The molecule has 1 aliphatic heterocycles. The van der Waals surface area contributed by atoms with Gasteiger partial charge in [0.05, 0.1) is 0 Å². The molecule has 8 heteroatoms. The van der Waals surface area contributed by atoms with E-state index in [1.165, 1.54) is 12.1 Å². The van der Waals surface area contributed by atoms with Crippen molar-refractivity contribution in [3.05, 3.63) is 60.2 Å². The van der Waals surface area contributed by atoms with Gasteiger partial charge in [-0.3, -0.25) is 5.32 Å². The lowest BCUT2D eigenvalue weighted by Gasteiger charge is -2.24. The fraction of sp³-hybridized carbons (Fsp3) is 0.273. The lowest BCUT2D eigenvalue weighted by molar-refractivity contribution is -0.131. The zero-order valence-electron chi connectivity index (χ0n) is 16.4. The Balaban J connectivity index is 1.68. The molecule has 1 aliphatic rings. The summed E-state index contributed by atoms with van der Waals surface area (Å²) < 4.78 is 16.3. The lowest BCUT2D eigenvalue weighted by atomic mass is 9.93. The van der Waals surface area contributed by atoms with Gasteiger partial charge in [0.1, 0.15) is 11.9 Å². The van der Waals surface area contributed by atoms with E-state index < -0.39 is 18.2 Å². The molecule has 0 saturated carbocycles. The molecule has 0 unspecified atom stereocenters. The molecule has 2 aromatic carbocycles. The van der Waals surface area contributed by atoms with Gasteiger partial charge in [0, 0.05) is 17.8 Å². The molecule has 158 valence electrons. The first-order valence-corrected chi connectivity index (χ1v) is 9.48. The SMILES string of the molecule is C[C@@H](CC/C=C/C(=O)O)[C@H](OC(=O)Nc1ccc2c(c1)OCO2)c1ccc(O)cc1. The van der Waals surface area contributed by atoms with Crippen molar-refractivity contribution in [1.82, 2.24) is 0 Å². The molecule has 0 aromatic heterocycles. The van der Waals surface area contributed by atoms with E-state index in [0.717, 1.165) is 11.6 Å². The van der Waals surface area contributed by atoms with Crippen LogP contribution in [0.3, 0.4) is 0 Å². The van der Waals surface area contributed by atoms with Crippen molar-refractivity contribution < 1.29 is 34.0 Å². The van der Waals surface area contributed by atoms with Crippen LogP contribution in [-0.2, 0) is 9.53 Å². The predicted molar refractivity (Wildman–Crippen MR) is 109 cm³/mol. The Kier molecular flexibility index (Phi) is 6.79. The van der Waals surface area contributed by atoms with Gasteiger partial charge in [-0.25, -0.2) is 9.59 Å². The molecule has 0 radical (unpaired) electrons. The smallest absolute Gasteiger partial charge is 0.412 e. The number of aliphatic carboxylic acids is 1. The summed E-state index contributed by atoms with van der Waals surface area (Å²) in [6, 6.07) is 11.5. The maximum atomic E-state index is 12.5. The predicted octanol–water partition coefficient (Wildman–Crippen LogP) is 4.47. The second-order valence-electron chi connectivity index (χ2n) is 6.91. The molecule has 0 aliphatic carbocycles. The molecule has 8 nitrogen and oxygen atoms in total. The van der Waals surface area contributed by atoms with E-state index in [1.54, 1.807) is 36.4 Å². The number of rotatable bonds is 8. The minimum Gasteiger partial charge on any atom is -0.508 e. The second kappa shape index (κ2) is 9.69. The van der Waals surface area contributed by atoms with Crippen molar-refractivity contribution >= 4 is 17.7 Å². The summed E-state index contributed by atoms with van der Waals surface area (Å²) in [4.78, 5) is 23.2. The maximum Gasteiger partial charge on any atom is 0.412 e. The fourth-order valence-corrected chi connectivity index (χ4v) is 3.11. The summed E-state index contributed by atoms with van der Waals surface area (Å²) in [5, 5.41) is 20.9. The summed E-state index contributed by atoms with van der Waals surface area (Å²) >= 11 is 0. The molecule has 0 fully saturated rings. The van der Waals surface area contributed by atoms with Crippen LogP contribution >= 0.6 is 0 Å². The highest BCUT2D eigenvalue weighted by atomic mass is 16.7. The first-order chi connectivity index (χ1) is 14.4. The van der Waals surface area contributed by atoms with Crippen molar-refractivity contribution in [2.45, 2.75) is 25.9 Å². The number of fused-ring (bicyclic) bond motifs is 1. The molecule has 2 atom stereocenters. The average Bonchev–Trinajstić information content (AvgIpc) is 3.18. The number of carbonyl (C=O) groups excluding carboxylic acids is 1. The first kappa shape index (κ1) is 21.0. The molecule has 30 heavy (non-hydrogen) atoms. The van der Waals surface area contributed by atoms with Gasteiger partial charge < -0.3 is 24.4 Å². The van der Waals surface area contributed by atoms with Crippen LogP contribution in [0.2, 0.25) is 0 Å². The summed E-state index contributed by atoms with van der Waals surface area (Å²) in [6.45, 7) is 2.06. The Morgan fingerprint density at radius 3 is 2.63 bits per heavy atom. The van der Waals surface area contributed by atoms with Crippen LogP contribution in [0.25, 0.3) is 0 Å².